The zero-order valence-electron chi connectivity index (χ0n) is 12.5. The summed E-state index contributed by atoms with van der Waals surface area (Å²) in [5, 5.41) is 13.5. The molecule has 5 heteroatoms. The Balaban J connectivity index is 1.71. The average Bonchev–Trinajstić information content (AvgIpc) is 3.06. The number of carboxylic acids is 1. The van der Waals surface area contributed by atoms with Crippen molar-refractivity contribution in [1.82, 2.24) is 10.1 Å². The number of carboxylic acid groups (broad SMARTS) is 1. The number of aliphatic carboxylic acids is 1. The van der Waals surface area contributed by atoms with E-state index in [1.165, 1.54) is 32.1 Å². The minimum atomic E-state index is -0.733. The highest BCUT2D eigenvalue weighted by Gasteiger charge is 2.38. The van der Waals surface area contributed by atoms with Crippen LogP contribution in [0.15, 0.2) is 4.52 Å². The van der Waals surface area contributed by atoms with Gasteiger partial charge in [0.15, 0.2) is 5.82 Å². The van der Waals surface area contributed by atoms with E-state index in [9.17, 15) is 9.90 Å². The molecule has 2 unspecified atom stereocenters. The van der Waals surface area contributed by atoms with Crippen molar-refractivity contribution in [3.05, 3.63) is 11.7 Å². The molecule has 0 bridgehead atoms. The second-order valence-electron chi connectivity index (χ2n) is 6.51. The van der Waals surface area contributed by atoms with Gasteiger partial charge in [0.2, 0.25) is 5.89 Å². The fourth-order valence-electron chi connectivity index (χ4n) is 3.83. The Morgan fingerprint density at radius 2 is 1.71 bits per heavy atom. The summed E-state index contributed by atoms with van der Waals surface area (Å²) in [6.07, 6.45) is 11.2. The average molecular weight is 292 g/mol. The summed E-state index contributed by atoms with van der Waals surface area (Å²) in [5.74, 6) is 0.587. The third kappa shape index (κ3) is 3.27. The van der Waals surface area contributed by atoms with Gasteiger partial charge in [-0.2, -0.15) is 4.98 Å². The Morgan fingerprint density at radius 1 is 1.00 bits per heavy atom. The van der Waals surface area contributed by atoms with Gasteiger partial charge in [0.1, 0.15) is 0 Å². The van der Waals surface area contributed by atoms with E-state index in [0.717, 1.165) is 37.9 Å². The molecule has 0 spiro atoms. The van der Waals surface area contributed by atoms with Crippen molar-refractivity contribution in [3.63, 3.8) is 0 Å². The number of rotatable bonds is 3. The van der Waals surface area contributed by atoms with Crippen LogP contribution in [0.3, 0.4) is 0 Å². The van der Waals surface area contributed by atoms with Crippen LogP contribution in [0.1, 0.15) is 87.8 Å². The molecule has 3 rings (SSSR count). The number of hydrogen-bond donors (Lipinski definition) is 1. The molecule has 0 amide bonds. The summed E-state index contributed by atoms with van der Waals surface area (Å²) >= 11 is 0. The molecule has 1 aromatic rings. The summed E-state index contributed by atoms with van der Waals surface area (Å²) in [7, 11) is 0. The van der Waals surface area contributed by atoms with Gasteiger partial charge in [-0.05, 0) is 25.7 Å². The monoisotopic (exact) mass is 292 g/mol. The lowest BCUT2D eigenvalue weighted by atomic mass is 9.90. The predicted molar refractivity (Wildman–Crippen MR) is 77.1 cm³/mol. The first-order chi connectivity index (χ1) is 10.3. The Morgan fingerprint density at radius 3 is 2.43 bits per heavy atom. The second kappa shape index (κ2) is 6.58. The molecule has 116 valence electrons. The van der Waals surface area contributed by atoms with E-state index in [2.05, 4.69) is 10.1 Å². The largest absolute Gasteiger partial charge is 0.481 e. The molecule has 0 aromatic carbocycles. The number of hydrogen-bond acceptors (Lipinski definition) is 4. The molecule has 0 radical (unpaired) electrons. The van der Waals surface area contributed by atoms with Gasteiger partial charge in [-0.15, -0.1) is 0 Å². The lowest BCUT2D eigenvalue weighted by molar-refractivity contribution is -0.142. The first-order valence-corrected chi connectivity index (χ1v) is 8.32. The zero-order chi connectivity index (χ0) is 14.7. The first-order valence-electron chi connectivity index (χ1n) is 8.32. The topological polar surface area (TPSA) is 76.2 Å². The van der Waals surface area contributed by atoms with Crippen LogP contribution in [0.25, 0.3) is 0 Å². The highest BCUT2D eigenvalue weighted by Crippen LogP contribution is 2.40. The van der Waals surface area contributed by atoms with Crippen LogP contribution in [-0.2, 0) is 4.79 Å². The van der Waals surface area contributed by atoms with E-state index in [1.54, 1.807) is 0 Å². The van der Waals surface area contributed by atoms with Crippen molar-refractivity contribution in [2.75, 3.05) is 0 Å². The smallest absolute Gasteiger partial charge is 0.307 e. The maximum absolute atomic E-state index is 11.3. The van der Waals surface area contributed by atoms with Gasteiger partial charge in [0.25, 0.3) is 0 Å². The van der Waals surface area contributed by atoms with Gasteiger partial charge in [0.05, 0.1) is 11.8 Å². The Hall–Kier alpha value is -1.39. The van der Waals surface area contributed by atoms with Crippen LogP contribution < -0.4 is 0 Å². The third-order valence-electron chi connectivity index (χ3n) is 5.08. The van der Waals surface area contributed by atoms with E-state index in [1.807, 2.05) is 0 Å². The quantitative estimate of drug-likeness (QED) is 0.915. The highest BCUT2D eigenvalue weighted by molar-refractivity contribution is 5.71. The molecule has 2 saturated carbocycles. The first kappa shape index (κ1) is 14.5. The van der Waals surface area contributed by atoms with Crippen LogP contribution in [-0.4, -0.2) is 21.2 Å². The van der Waals surface area contributed by atoms with Gasteiger partial charge < -0.3 is 9.63 Å². The molecule has 1 aromatic heterocycles. The van der Waals surface area contributed by atoms with E-state index in [4.69, 9.17) is 4.52 Å². The predicted octanol–water partition coefficient (Wildman–Crippen LogP) is 3.87. The summed E-state index contributed by atoms with van der Waals surface area (Å²) in [5.41, 5.74) is 0. The fourth-order valence-corrected chi connectivity index (χ4v) is 3.83. The minimum absolute atomic E-state index is 0.0858. The van der Waals surface area contributed by atoms with Crippen LogP contribution in [0.5, 0.6) is 0 Å². The molecule has 0 saturated heterocycles. The van der Waals surface area contributed by atoms with Gasteiger partial charge in [-0.25, -0.2) is 0 Å². The Labute approximate surface area is 125 Å². The maximum atomic E-state index is 11.3. The second-order valence-corrected chi connectivity index (χ2v) is 6.51. The Bertz CT molecular complexity index is 478. The van der Waals surface area contributed by atoms with Crippen molar-refractivity contribution < 1.29 is 14.4 Å². The van der Waals surface area contributed by atoms with Crippen molar-refractivity contribution in [1.29, 1.82) is 0 Å². The van der Waals surface area contributed by atoms with Crippen molar-refractivity contribution in [2.24, 2.45) is 5.92 Å². The van der Waals surface area contributed by atoms with E-state index < -0.39 is 5.97 Å². The molecule has 2 fully saturated rings. The molecule has 21 heavy (non-hydrogen) atoms. The summed E-state index contributed by atoms with van der Waals surface area (Å²) in [6, 6.07) is 0. The van der Waals surface area contributed by atoms with Gasteiger partial charge in [-0.1, -0.05) is 43.7 Å². The van der Waals surface area contributed by atoms with Gasteiger partial charge in [0, 0.05) is 5.92 Å². The summed E-state index contributed by atoms with van der Waals surface area (Å²) in [4.78, 5) is 15.9. The minimum Gasteiger partial charge on any atom is -0.481 e. The zero-order valence-corrected chi connectivity index (χ0v) is 12.5. The van der Waals surface area contributed by atoms with E-state index >= 15 is 0 Å². The molecule has 1 N–H and O–H groups in total. The summed E-state index contributed by atoms with van der Waals surface area (Å²) < 4.78 is 5.43. The molecule has 2 atom stereocenters. The van der Waals surface area contributed by atoms with Crippen LogP contribution in [0.4, 0.5) is 0 Å². The molecule has 2 aliphatic rings. The molecule has 1 heterocycles. The lowest BCUT2D eigenvalue weighted by Gasteiger charge is -2.16. The molecule has 5 nitrogen and oxygen atoms in total. The SMILES string of the molecule is O=C(O)C1CCCC1c1nc(C2CCCCCCC2)no1. The standard InChI is InChI=1S/C16H24N2O3/c19-16(20)13-10-6-9-12(13)15-17-14(18-21-15)11-7-4-2-1-3-5-8-11/h11-13H,1-10H2,(H,19,20). The molecular formula is C16H24N2O3. The molecule has 2 aliphatic carbocycles. The van der Waals surface area contributed by atoms with E-state index in [-0.39, 0.29) is 11.8 Å². The fraction of sp³-hybridized carbons (Fsp3) is 0.812. The molecule has 0 aliphatic heterocycles. The van der Waals surface area contributed by atoms with Crippen LogP contribution in [0, 0.1) is 5.92 Å². The maximum Gasteiger partial charge on any atom is 0.307 e. The van der Waals surface area contributed by atoms with Crippen molar-refractivity contribution >= 4 is 5.97 Å². The van der Waals surface area contributed by atoms with Crippen LogP contribution >= 0.6 is 0 Å². The number of aromatic nitrogens is 2. The number of nitrogens with zero attached hydrogens (tertiary/aromatic N) is 2. The van der Waals surface area contributed by atoms with Crippen molar-refractivity contribution in [2.45, 2.75) is 76.0 Å². The number of carbonyl (C=O) groups is 1. The Kier molecular flexibility index (Phi) is 4.56. The lowest BCUT2D eigenvalue weighted by Crippen LogP contribution is -2.17. The highest BCUT2D eigenvalue weighted by atomic mass is 16.5. The third-order valence-corrected chi connectivity index (χ3v) is 5.08. The normalized spacial score (nSPS) is 28.2. The van der Waals surface area contributed by atoms with Gasteiger partial charge in [-0.3, -0.25) is 4.79 Å². The summed E-state index contributed by atoms with van der Waals surface area (Å²) in [6.45, 7) is 0. The van der Waals surface area contributed by atoms with Crippen LogP contribution in [0.2, 0.25) is 0 Å². The van der Waals surface area contributed by atoms with E-state index in [0.29, 0.717) is 11.8 Å². The van der Waals surface area contributed by atoms with Crippen molar-refractivity contribution in [3.8, 4) is 0 Å². The van der Waals surface area contributed by atoms with Gasteiger partial charge >= 0.3 is 5.97 Å². The molecular weight excluding hydrogens is 268 g/mol.